The van der Waals surface area contributed by atoms with Gasteiger partial charge in [0, 0.05) is 6.54 Å². The van der Waals surface area contributed by atoms with E-state index in [1.54, 1.807) is 0 Å². The first-order chi connectivity index (χ1) is 5.26. The molecule has 0 bridgehead atoms. The van der Waals surface area contributed by atoms with Gasteiger partial charge in [-0.1, -0.05) is 20.8 Å². The van der Waals surface area contributed by atoms with Crippen LogP contribution >= 0.6 is 0 Å². The van der Waals surface area contributed by atoms with Crippen LogP contribution in [0.2, 0.25) is 0 Å². The fourth-order valence-corrected chi connectivity index (χ4v) is 1.72. The van der Waals surface area contributed by atoms with Crippen molar-refractivity contribution in [3.05, 3.63) is 0 Å². The van der Waals surface area contributed by atoms with Crippen LogP contribution in [0.5, 0.6) is 0 Å². The predicted molar refractivity (Wildman–Crippen MR) is 49.7 cm³/mol. The van der Waals surface area contributed by atoms with Crippen molar-refractivity contribution in [2.75, 3.05) is 19.6 Å². The van der Waals surface area contributed by atoms with Crippen molar-refractivity contribution in [1.29, 1.82) is 0 Å². The lowest BCUT2D eigenvalue weighted by Gasteiger charge is -2.23. The van der Waals surface area contributed by atoms with E-state index in [-0.39, 0.29) is 0 Å². The van der Waals surface area contributed by atoms with Crippen molar-refractivity contribution in [1.82, 2.24) is 4.90 Å². The molecule has 0 radical (unpaired) electrons. The summed E-state index contributed by atoms with van der Waals surface area (Å²) in [4.78, 5) is 2.55. The Labute approximate surface area is 70.8 Å². The maximum absolute atomic E-state index is 2.55. The molecule has 1 saturated carbocycles. The summed E-state index contributed by atoms with van der Waals surface area (Å²) in [5.41, 5.74) is 0.742. The van der Waals surface area contributed by atoms with Crippen molar-refractivity contribution in [3.8, 4) is 0 Å². The van der Waals surface area contributed by atoms with Crippen LogP contribution in [0.25, 0.3) is 0 Å². The van der Waals surface area contributed by atoms with E-state index in [0.29, 0.717) is 0 Å². The molecule has 1 nitrogen and oxygen atoms in total. The van der Waals surface area contributed by atoms with Gasteiger partial charge in [0.2, 0.25) is 0 Å². The second-order valence-corrected chi connectivity index (χ2v) is 3.81. The van der Waals surface area contributed by atoms with Crippen molar-refractivity contribution in [2.45, 2.75) is 40.0 Å². The summed E-state index contributed by atoms with van der Waals surface area (Å²) in [6.07, 6.45) is 4.32. The summed E-state index contributed by atoms with van der Waals surface area (Å²) in [6.45, 7) is 10.6. The molecule has 1 rings (SSSR count). The van der Waals surface area contributed by atoms with Crippen molar-refractivity contribution >= 4 is 0 Å². The zero-order chi connectivity index (χ0) is 8.32. The van der Waals surface area contributed by atoms with E-state index in [2.05, 4.69) is 25.7 Å². The van der Waals surface area contributed by atoms with E-state index in [1.165, 1.54) is 38.9 Å². The van der Waals surface area contributed by atoms with Crippen molar-refractivity contribution in [3.63, 3.8) is 0 Å². The van der Waals surface area contributed by atoms with Crippen molar-refractivity contribution < 1.29 is 0 Å². The Hall–Kier alpha value is -0.0400. The molecule has 0 spiro atoms. The second kappa shape index (κ2) is 3.57. The molecule has 0 heterocycles. The van der Waals surface area contributed by atoms with Crippen LogP contribution in [0.3, 0.4) is 0 Å². The molecule has 0 N–H and O–H groups in total. The van der Waals surface area contributed by atoms with Gasteiger partial charge in [0.1, 0.15) is 0 Å². The summed E-state index contributed by atoms with van der Waals surface area (Å²) in [5, 5.41) is 0. The Balaban J connectivity index is 2.27. The number of nitrogens with zero attached hydrogens (tertiary/aromatic N) is 1. The Kier molecular flexibility index (Phi) is 2.94. The Morgan fingerprint density at radius 2 is 1.64 bits per heavy atom. The standard InChI is InChI=1S/C10H21N/c1-4-10(7-8-10)9-11(5-2)6-3/h4-9H2,1-3H3. The van der Waals surface area contributed by atoms with Gasteiger partial charge in [-0.3, -0.25) is 0 Å². The third-order valence-corrected chi connectivity index (χ3v) is 3.16. The predicted octanol–water partition coefficient (Wildman–Crippen LogP) is 2.52. The van der Waals surface area contributed by atoms with Gasteiger partial charge < -0.3 is 4.90 Å². The molecule has 0 atom stereocenters. The van der Waals surface area contributed by atoms with Gasteiger partial charge in [0.15, 0.2) is 0 Å². The molecule has 0 saturated heterocycles. The van der Waals surface area contributed by atoms with Gasteiger partial charge in [-0.2, -0.15) is 0 Å². The molecule has 0 amide bonds. The molecule has 1 heteroatoms. The Morgan fingerprint density at radius 3 is 1.91 bits per heavy atom. The average Bonchev–Trinajstić information content (AvgIpc) is 2.81. The normalized spacial score (nSPS) is 20.7. The van der Waals surface area contributed by atoms with Crippen LogP contribution in [0.4, 0.5) is 0 Å². The Morgan fingerprint density at radius 1 is 1.09 bits per heavy atom. The average molecular weight is 155 g/mol. The molecule has 0 aliphatic heterocycles. The summed E-state index contributed by atoms with van der Waals surface area (Å²) >= 11 is 0. The molecule has 1 fully saturated rings. The highest BCUT2D eigenvalue weighted by Gasteiger charge is 2.41. The lowest BCUT2D eigenvalue weighted by atomic mass is 10.0. The number of hydrogen-bond acceptors (Lipinski definition) is 1. The maximum atomic E-state index is 2.55. The zero-order valence-corrected chi connectivity index (χ0v) is 8.19. The van der Waals surface area contributed by atoms with Gasteiger partial charge in [-0.15, -0.1) is 0 Å². The molecule has 1 aliphatic carbocycles. The molecule has 0 aromatic carbocycles. The minimum absolute atomic E-state index is 0.742. The highest BCUT2D eigenvalue weighted by Crippen LogP contribution is 2.48. The summed E-state index contributed by atoms with van der Waals surface area (Å²) in [6, 6.07) is 0. The maximum Gasteiger partial charge on any atom is 0.00376 e. The lowest BCUT2D eigenvalue weighted by Crippen LogP contribution is -2.29. The smallest absolute Gasteiger partial charge is 0.00376 e. The summed E-state index contributed by atoms with van der Waals surface area (Å²) in [7, 11) is 0. The van der Waals surface area contributed by atoms with Gasteiger partial charge in [0.25, 0.3) is 0 Å². The quantitative estimate of drug-likeness (QED) is 0.589. The van der Waals surface area contributed by atoms with E-state index in [9.17, 15) is 0 Å². The summed E-state index contributed by atoms with van der Waals surface area (Å²) in [5.74, 6) is 0. The number of rotatable bonds is 5. The zero-order valence-electron chi connectivity index (χ0n) is 8.19. The minimum Gasteiger partial charge on any atom is -0.303 e. The molecule has 0 unspecified atom stereocenters. The van der Waals surface area contributed by atoms with E-state index < -0.39 is 0 Å². The minimum atomic E-state index is 0.742. The van der Waals surface area contributed by atoms with Gasteiger partial charge in [0.05, 0.1) is 0 Å². The van der Waals surface area contributed by atoms with E-state index in [4.69, 9.17) is 0 Å². The molecule has 66 valence electrons. The SMILES string of the molecule is CCN(CC)CC1(CC)CC1. The first-order valence-electron chi connectivity index (χ1n) is 4.98. The van der Waals surface area contributed by atoms with E-state index in [1.807, 2.05) is 0 Å². The molecule has 11 heavy (non-hydrogen) atoms. The third kappa shape index (κ3) is 2.19. The van der Waals surface area contributed by atoms with Crippen molar-refractivity contribution in [2.24, 2.45) is 5.41 Å². The van der Waals surface area contributed by atoms with Crippen LogP contribution in [0.1, 0.15) is 40.0 Å². The van der Waals surface area contributed by atoms with Gasteiger partial charge in [-0.25, -0.2) is 0 Å². The highest BCUT2D eigenvalue weighted by atomic mass is 15.1. The first kappa shape index (κ1) is 9.05. The molecular formula is C10H21N. The fourth-order valence-electron chi connectivity index (χ4n) is 1.72. The van der Waals surface area contributed by atoms with E-state index in [0.717, 1.165) is 5.41 Å². The second-order valence-electron chi connectivity index (χ2n) is 3.81. The molecular weight excluding hydrogens is 134 g/mol. The third-order valence-electron chi connectivity index (χ3n) is 3.16. The largest absolute Gasteiger partial charge is 0.303 e. The van der Waals surface area contributed by atoms with Gasteiger partial charge in [-0.05, 0) is 37.8 Å². The number of hydrogen-bond donors (Lipinski definition) is 0. The monoisotopic (exact) mass is 155 g/mol. The van der Waals surface area contributed by atoms with E-state index >= 15 is 0 Å². The highest BCUT2D eigenvalue weighted by molar-refractivity contribution is 4.93. The topological polar surface area (TPSA) is 3.24 Å². The van der Waals surface area contributed by atoms with Crippen LogP contribution in [-0.2, 0) is 0 Å². The van der Waals surface area contributed by atoms with Gasteiger partial charge >= 0.3 is 0 Å². The fraction of sp³-hybridized carbons (Fsp3) is 1.00. The lowest BCUT2D eigenvalue weighted by molar-refractivity contribution is 0.235. The summed E-state index contributed by atoms with van der Waals surface area (Å²) < 4.78 is 0. The molecule has 0 aromatic rings. The van der Waals surface area contributed by atoms with Crippen LogP contribution < -0.4 is 0 Å². The molecule has 1 aliphatic rings. The first-order valence-corrected chi connectivity index (χ1v) is 4.98. The Bertz CT molecular complexity index is 112. The van der Waals surface area contributed by atoms with Crippen LogP contribution in [-0.4, -0.2) is 24.5 Å². The van der Waals surface area contributed by atoms with Crippen LogP contribution in [0.15, 0.2) is 0 Å². The van der Waals surface area contributed by atoms with Crippen LogP contribution in [0, 0.1) is 5.41 Å². The molecule has 0 aromatic heterocycles.